The third-order valence-corrected chi connectivity index (χ3v) is 6.32. The van der Waals surface area contributed by atoms with Crippen LogP contribution >= 0.6 is 0 Å². The fraction of sp³-hybridized carbons (Fsp3) is 0.308. The van der Waals surface area contributed by atoms with Crippen molar-refractivity contribution >= 4 is 16.7 Å². The number of hydrogen-bond donors (Lipinski definition) is 1. The fourth-order valence-electron chi connectivity index (χ4n) is 4.51. The highest BCUT2D eigenvalue weighted by Crippen LogP contribution is 2.32. The first-order chi connectivity index (χ1) is 17.8. The molecule has 11 heteroatoms. The SMILES string of the molecule is Cc1nc(N[C@H](C)c2cccc(C(F)F)c2F)c2cn(N3CCOCC3)c(=O)c(-c3cccnc3)c2n1. The molecule has 0 saturated carbocycles. The Morgan fingerprint density at radius 1 is 1.08 bits per heavy atom. The van der Waals surface area contributed by atoms with E-state index in [1.54, 1.807) is 44.6 Å². The van der Waals surface area contributed by atoms with Gasteiger partial charge in [-0.05, 0) is 19.9 Å². The van der Waals surface area contributed by atoms with Crippen LogP contribution in [0.25, 0.3) is 22.0 Å². The first-order valence-corrected chi connectivity index (χ1v) is 11.9. The van der Waals surface area contributed by atoms with Crippen molar-refractivity contribution in [2.24, 2.45) is 0 Å². The summed E-state index contributed by atoms with van der Waals surface area (Å²) < 4.78 is 48.5. The summed E-state index contributed by atoms with van der Waals surface area (Å²) in [5.41, 5.74) is 0.504. The molecule has 5 rings (SSSR count). The Balaban J connectivity index is 1.69. The maximum absolute atomic E-state index is 14.9. The average Bonchev–Trinajstić information content (AvgIpc) is 2.89. The third kappa shape index (κ3) is 4.74. The maximum atomic E-state index is 14.9. The van der Waals surface area contributed by atoms with Crippen LogP contribution in [0.4, 0.5) is 19.0 Å². The number of rotatable bonds is 6. The van der Waals surface area contributed by atoms with Gasteiger partial charge in [0.25, 0.3) is 12.0 Å². The van der Waals surface area contributed by atoms with Crippen molar-refractivity contribution in [3.05, 3.63) is 82.0 Å². The van der Waals surface area contributed by atoms with Crippen LogP contribution in [0.2, 0.25) is 0 Å². The molecule has 1 aliphatic heterocycles. The van der Waals surface area contributed by atoms with Crippen molar-refractivity contribution < 1.29 is 17.9 Å². The first-order valence-electron chi connectivity index (χ1n) is 11.9. The highest BCUT2D eigenvalue weighted by Gasteiger charge is 2.24. The number of fused-ring (bicyclic) bond motifs is 1. The predicted octanol–water partition coefficient (Wildman–Crippen LogP) is 4.38. The summed E-state index contributed by atoms with van der Waals surface area (Å²) in [4.78, 5) is 27.0. The molecule has 1 atom stereocenters. The fourth-order valence-corrected chi connectivity index (χ4v) is 4.51. The van der Waals surface area contributed by atoms with E-state index < -0.39 is 23.8 Å². The average molecular weight is 511 g/mol. The third-order valence-electron chi connectivity index (χ3n) is 6.32. The monoisotopic (exact) mass is 510 g/mol. The Morgan fingerprint density at radius 3 is 2.54 bits per heavy atom. The van der Waals surface area contributed by atoms with Gasteiger partial charge in [-0.3, -0.25) is 9.78 Å². The molecule has 8 nitrogen and oxygen atoms in total. The zero-order valence-corrected chi connectivity index (χ0v) is 20.3. The standard InChI is InChI=1S/C26H25F3N6O2/c1-15(18-6-3-7-19(22(18)27)24(28)29)31-25-20-14-35(34-9-11-37-12-10-34)26(36)21(17-5-4-8-30-13-17)23(20)32-16(2)33-25/h3-8,13-15,24H,9-12H2,1-2H3,(H,31,32,33)/t15-/m1/s1. The van der Waals surface area contributed by atoms with Gasteiger partial charge in [0, 0.05) is 29.7 Å². The Bertz CT molecular complexity index is 1490. The Labute approximate surface area is 210 Å². The molecule has 4 heterocycles. The number of pyridine rings is 2. The lowest BCUT2D eigenvalue weighted by molar-refractivity contribution is 0.111. The molecule has 1 aromatic carbocycles. The number of aromatic nitrogens is 4. The lowest BCUT2D eigenvalue weighted by Crippen LogP contribution is -2.49. The van der Waals surface area contributed by atoms with E-state index in [-0.39, 0.29) is 11.1 Å². The minimum Gasteiger partial charge on any atom is -0.378 e. The van der Waals surface area contributed by atoms with Gasteiger partial charge in [-0.15, -0.1) is 0 Å². The molecule has 0 radical (unpaired) electrons. The van der Waals surface area contributed by atoms with Gasteiger partial charge in [0.05, 0.1) is 54.4 Å². The lowest BCUT2D eigenvalue weighted by atomic mass is 10.0. The molecule has 0 spiro atoms. The van der Waals surface area contributed by atoms with Crippen molar-refractivity contribution in [3.63, 3.8) is 0 Å². The molecule has 0 bridgehead atoms. The molecular formula is C26H25F3N6O2. The van der Waals surface area contributed by atoms with Crippen LogP contribution in [0.3, 0.4) is 0 Å². The van der Waals surface area contributed by atoms with Gasteiger partial charge in [0.15, 0.2) is 0 Å². The zero-order valence-electron chi connectivity index (χ0n) is 20.3. The molecule has 0 unspecified atom stereocenters. The second-order valence-corrected chi connectivity index (χ2v) is 8.76. The quantitative estimate of drug-likeness (QED) is 0.412. The van der Waals surface area contributed by atoms with E-state index in [0.29, 0.717) is 60.0 Å². The van der Waals surface area contributed by atoms with E-state index in [4.69, 9.17) is 4.74 Å². The number of aryl methyl sites for hydroxylation is 1. The minimum atomic E-state index is -2.93. The number of halogens is 3. The number of benzene rings is 1. The van der Waals surface area contributed by atoms with Crippen LogP contribution in [0.5, 0.6) is 0 Å². The van der Waals surface area contributed by atoms with Crippen LogP contribution in [0.1, 0.15) is 36.3 Å². The van der Waals surface area contributed by atoms with Crippen LogP contribution < -0.4 is 15.9 Å². The summed E-state index contributed by atoms with van der Waals surface area (Å²) in [5.74, 6) is -0.226. The van der Waals surface area contributed by atoms with Gasteiger partial charge in [0.1, 0.15) is 17.5 Å². The van der Waals surface area contributed by atoms with Crippen molar-refractivity contribution in [1.29, 1.82) is 0 Å². The Morgan fingerprint density at radius 2 is 1.84 bits per heavy atom. The van der Waals surface area contributed by atoms with E-state index in [9.17, 15) is 18.0 Å². The number of ether oxygens (including phenoxy) is 1. The van der Waals surface area contributed by atoms with Crippen molar-refractivity contribution in [3.8, 4) is 11.1 Å². The van der Waals surface area contributed by atoms with E-state index in [0.717, 1.165) is 6.07 Å². The second-order valence-electron chi connectivity index (χ2n) is 8.76. The minimum absolute atomic E-state index is 0.0798. The van der Waals surface area contributed by atoms with Crippen molar-refractivity contribution in [2.75, 3.05) is 36.6 Å². The molecule has 1 aliphatic rings. The number of morpholine rings is 1. The molecule has 4 aromatic rings. The second kappa shape index (κ2) is 10.2. The predicted molar refractivity (Wildman–Crippen MR) is 134 cm³/mol. The first kappa shape index (κ1) is 24.7. The van der Waals surface area contributed by atoms with Crippen LogP contribution in [-0.2, 0) is 4.74 Å². The van der Waals surface area contributed by atoms with Crippen molar-refractivity contribution in [2.45, 2.75) is 26.3 Å². The molecule has 1 N–H and O–H groups in total. The van der Waals surface area contributed by atoms with Gasteiger partial charge in [-0.25, -0.2) is 27.8 Å². The number of alkyl halides is 2. The molecule has 192 valence electrons. The van der Waals surface area contributed by atoms with Gasteiger partial charge >= 0.3 is 0 Å². The zero-order chi connectivity index (χ0) is 26.1. The summed E-state index contributed by atoms with van der Waals surface area (Å²) >= 11 is 0. The number of nitrogens with zero attached hydrogens (tertiary/aromatic N) is 5. The summed E-state index contributed by atoms with van der Waals surface area (Å²) in [6.07, 6.45) is 1.94. The summed E-state index contributed by atoms with van der Waals surface area (Å²) in [6, 6.07) is 6.74. The molecule has 37 heavy (non-hydrogen) atoms. The molecule has 1 saturated heterocycles. The maximum Gasteiger partial charge on any atom is 0.279 e. The van der Waals surface area contributed by atoms with Gasteiger partial charge in [0.2, 0.25) is 0 Å². The lowest BCUT2D eigenvalue weighted by Gasteiger charge is -2.31. The normalized spacial score (nSPS) is 14.8. The van der Waals surface area contributed by atoms with E-state index >= 15 is 0 Å². The van der Waals surface area contributed by atoms with E-state index in [1.807, 2.05) is 5.01 Å². The van der Waals surface area contributed by atoms with Gasteiger partial charge < -0.3 is 15.1 Å². The molecule has 3 aromatic heterocycles. The smallest absolute Gasteiger partial charge is 0.279 e. The van der Waals surface area contributed by atoms with E-state index in [1.165, 1.54) is 16.8 Å². The molecule has 1 fully saturated rings. The largest absolute Gasteiger partial charge is 0.378 e. The summed E-state index contributed by atoms with van der Waals surface area (Å²) in [7, 11) is 0. The summed E-state index contributed by atoms with van der Waals surface area (Å²) in [5, 5.41) is 5.57. The van der Waals surface area contributed by atoms with Gasteiger partial charge in [-0.1, -0.05) is 24.3 Å². The summed E-state index contributed by atoms with van der Waals surface area (Å²) in [6.45, 7) is 5.31. The molecule has 0 aliphatic carbocycles. The van der Waals surface area contributed by atoms with Crippen molar-refractivity contribution in [1.82, 2.24) is 19.6 Å². The highest BCUT2D eigenvalue weighted by atomic mass is 19.3. The Kier molecular flexibility index (Phi) is 6.79. The number of hydrogen-bond acceptors (Lipinski definition) is 7. The number of nitrogens with one attached hydrogen (secondary N) is 1. The molecular weight excluding hydrogens is 485 g/mol. The number of anilines is 1. The highest BCUT2D eigenvalue weighted by molar-refractivity contribution is 5.98. The Hall–Kier alpha value is -3.99. The topological polar surface area (TPSA) is 85.2 Å². The molecule has 0 amide bonds. The van der Waals surface area contributed by atoms with Crippen LogP contribution in [-0.4, -0.2) is 45.9 Å². The van der Waals surface area contributed by atoms with Gasteiger partial charge in [-0.2, -0.15) is 0 Å². The van der Waals surface area contributed by atoms with E-state index in [2.05, 4.69) is 20.3 Å². The van der Waals surface area contributed by atoms with Crippen LogP contribution in [0, 0.1) is 12.7 Å². The van der Waals surface area contributed by atoms with Crippen LogP contribution in [0.15, 0.2) is 53.7 Å².